The fourth-order valence-corrected chi connectivity index (χ4v) is 9.95. The van der Waals surface area contributed by atoms with Crippen LogP contribution >= 0.6 is 0 Å². The van der Waals surface area contributed by atoms with E-state index in [0.29, 0.717) is 30.2 Å². The van der Waals surface area contributed by atoms with Gasteiger partial charge in [0, 0.05) is 17.9 Å². The lowest BCUT2D eigenvalue weighted by molar-refractivity contribution is -0.234. The molecule has 10 atom stereocenters. The van der Waals surface area contributed by atoms with Gasteiger partial charge in [0.1, 0.15) is 0 Å². The van der Waals surface area contributed by atoms with E-state index in [1.165, 1.54) is 44.9 Å². The maximum absolute atomic E-state index is 12.3. The standard InChI is InChI=1S/C30H56N2O2/c1-20(2)8-6-9-21(3)24-10-11-25-23-18-27(32-17-7-16-31)30(34)19-22(33)12-15-29(30,5)26(23)13-14-28(24,25)4/h20-27,32-34H,6-19,31H2,1-5H3/t21-,22+,23?,24-,25?,26?,27?,28-,29-,30+/m1/s1. The van der Waals surface area contributed by atoms with Crippen LogP contribution < -0.4 is 11.1 Å². The number of hydrogen-bond acceptors (Lipinski definition) is 4. The molecule has 4 unspecified atom stereocenters. The van der Waals surface area contributed by atoms with Gasteiger partial charge in [-0.1, -0.05) is 53.9 Å². The summed E-state index contributed by atoms with van der Waals surface area (Å²) in [5.41, 5.74) is 5.35. The van der Waals surface area contributed by atoms with Gasteiger partial charge in [-0.15, -0.1) is 0 Å². The molecule has 34 heavy (non-hydrogen) atoms. The Labute approximate surface area is 210 Å². The minimum atomic E-state index is -0.809. The molecule has 4 heteroatoms. The van der Waals surface area contributed by atoms with Crippen molar-refractivity contribution in [2.45, 2.75) is 129 Å². The zero-order valence-corrected chi connectivity index (χ0v) is 23.0. The molecule has 4 saturated carbocycles. The van der Waals surface area contributed by atoms with Crippen LogP contribution in [0.2, 0.25) is 0 Å². The summed E-state index contributed by atoms with van der Waals surface area (Å²) < 4.78 is 0. The van der Waals surface area contributed by atoms with Crippen molar-refractivity contribution in [1.82, 2.24) is 5.32 Å². The van der Waals surface area contributed by atoms with Crippen LogP contribution in [-0.2, 0) is 0 Å². The average Bonchev–Trinajstić information content (AvgIpc) is 3.12. The molecule has 0 aromatic heterocycles. The van der Waals surface area contributed by atoms with Crippen LogP contribution in [0.1, 0.15) is 112 Å². The Bertz CT molecular complexity index is 685. The van der Waals surface area contributed by atoms with Gasteiger partial charge in [0.05, 0.1) is 11.7 Å². The topological polar surface area (TPSA) is 78.5 Å². The molecular weight excluding hydrogens is 420 g/mol. The van der Waals surface area contributed by atoms with Crippen molar-refractivity contribution in [1.29, 1.82) is 0 Å². The normalized spacial score (nSPS) is 47.2. The number of aliphatic hydroxyl groups excluding tert-OH is 1. The van der Waals surface area contributed by atoms with Crippen molar-refractivity contribution in [3.63, 3.8) is 0 Å². The predicted octanol–water partition coefficient (Wildman–Crippen LogP) is 5.50. The van der Waals surface area contributed by atoms with E-state index in [1.54, 1.807) is 0 Å². The van der Waals surface area contributed by atoms with Crippen molar-refractivity contribution in [2.75, 3.05) is 13.1 Å². The van der Waals surface area contributed by atoms with Gasteiger partial charge in [0.25, 0.3) is 0 Å². The average molecular weight is 477 g/mol. The predicted molar refractivity (Wildman–Crippen MR) is 141 cm³/mol. The molecule has 0 amide bonds. The number of rotatable bonds is 9. The lowest BCUT2D eigenvalue weighted by Gasteiger charge is -2.66. The summed E-state index contributed by atoms with van der Waals surface area (Å²) in [6, 6.07) is 0.0742. The number of nitrogens with two attached hydrogens (primary N) is 1. The fraction of sp³-hybridized carbons (Fsp3) is 1.00. The first kappa shape index (κ1) is 26.9. The zero-order valence-electron chi connectivity index (χ0n) is 23.0. The van der Waals surface area contributed by atoms with Crippen LogP contribution in [0.25, 0.3) is 0 Å². The van der Waals surface area contributed by atoms with Crippen LogP contribution in [0.5, 0.6) is 0 Å². The van der Waals surface area contributed by atoms with Crippen molar-refractivity contribution in [3.05, 3.63) is 0 Å². The Hall–Kier alpha value is -0.160. The number of aliphatic hydroxyl groups is 2. The molecule has 0 heterocycles. The maximum atomic E-state index is 12.3. The summed E-state index contributed by atoms with van der Waals surface area (Å²) in [6.45, 7) is 13.8. The molecule has 4 nitrogen and oxygen atoms in total. The smallest absolute Gasteiger partial charge is 0.0880 e. The van der Waals surface area contributed by atoms with Crippen LogP contribution in [0.3, 0.4) is 0 Å². The molecular formula is C30H56N2O2. The highest BCUT2D eigenvalue weighted by Crippen LogP contribution is 2.69. The third-order valence-corrected chi connectivity index (χ3v) is 11.8. The van der Waals surface area contributed by atoms with Gasteiger partial charge in [0.2, 0.25) is 0 Å². The number of hydrogen-bond donors (Lipinski definition) is 4. The largest absolute Gasteiger partial charge is 0.393 e. The second-order valence-electron chi connectivity index (χ2n) is 14.0. The van der Waals surface area contributed by atoms with E-state index >= 15 is 0 Å². The summed E-state index contributed by atoms with van der Waals surface area (Å²) in [7, 11) is 0. The summed E-state index contributed by atoms with van der Waals surface area (Å²) in [6.07, 6.45) is 13.5. The Morgan fingerprint density at radius 1 is 0.971 bits per heavy atom. The number of fused-ring (bicyclic) bond motifs is 5. The number of nitrogens with one attached hydrogen (secondary N) is 1. The highest BCUT2D eigenvalue weighted by atomic mass is 16.3. The van der Waals surface area contributed by atoms with Crippen molar-refractivity contribution >= 4 is 0 Å². The molecule has 0 aromatic carbocycles. The highest BCUT2D eigenvalue weighted by Gasteiger charge is 2.67. The van der Waals surface area contributed by atoms with E-state index in [4.69, 9.17) is 5.73 Å². The first-order chi connectivity index (χ1) is 16.1. The van der Waals surface area contributed by atoms with Gasteiger partial charge < -0.3 is 21.3 Å². The van der Waals surface area contributed by atoms with Gasteiger partial charge in [-0.25, -0.2) is 0 Å². The maximum Gasteiger partial charge on any atom is 0.0880 e. The molecule has 4 aliphatic carbocycles. The van der Waals surface area contributed by atoms with E-state index in [9.17, 15) is 10.2 Å². The molecule has 198 valence electrons. The van der Waals surface area contributed by atoms with Crippen molar-refractivity contribution in [3.8, 4) is 0 Å². The van der Waals surface area contributed by atoms with E-state index in [0.717, 1.165) is 55.9 Å². The van der Waals surface area contributed by atoms with Gasteiger partial charge in [-0.2, -0.15) is 0 Å². The minimum Gasteiger partial charge on any atom is -0.393 e. The zero-order chi connectivity index (χ0) is 24.7. The molecule has 0 aliphatic heterocycles. The van der Waals surface area contributed by atoms with E-state index in [2.05, 4.69) is 39.9 Å². The van der Waals surface area contributed by atoms with Crippen LogP contribution in [0.15, 0.2) is 0 Å². The molecule has 0 bridgehead atoms. The van der Waals surface area contributed by atoms with Crippen LogP contribution in [0.4, 0.5) is 0 Å². The lowest BCUT2D eigenvalue weighted by atomic mass is 9.42. The lowest BCUT2D eigenvalue weighted by Crippen LogP contribution is -2.71. The summed E-state index contributed by atoms with van der Waals surface area (Å²) in [5.74, 6) is 4.57. The summed E-state index contributed by atoms with van der Waals surface area (Å²) >= 11 is 0. The second-order valence-corrected chi connectivity index (χ2v) is 14.0. The molecule has 0 spiro atoms. The van der Waals surface area contributed by atoms with Gasteiger partial charge in [-0.3, -0.25) is 0 Å². The SMILES string of the molecule is CC(C)CCC[C@@H](C)[C@H]1CCC2C3CC(NCCCN)[C@@]4(O)C[C@@H](O)CC[C@]4(C)C3CC[C@@]21C. The second kappa shape index (κ2) is 10.3. The monoisotopic (exact) mass is 476 g/mol. The molecule has 4 fully saturated rings. The van der Waals surface area contributed by atoms with Gasteiger partial charge in [-0.05, 0) is 105 Å². The molecule has 0 radical (unpaired) electrons. The summed E-state index contributed by atoms with van der Waals surface area (Å²) in [4.78, 5) is 0. The Balaban J connectivity index is 1.56. The quantitative estimate of drug-likeness (QED) is 0.331. The Morgan fingerprint density at radius 2 is 1.74 bits per heavy atom. The molecule has 4 rings (SSSR count). The van der Waals surface area contributed by atoms with Gasteiger partial charge >= 0.3 is 0 Å². The van der Waals surface area contributed by atoms with E-state index in [1.807, 2.05) is 0 Å². The van der Waals surface area contributed by atoms with E-state index < -0.39 is 5.60 Å². The van der Waals surface area contributed by atoms with Crippen LogP contribution in [0, 0.1) is 46.3 Å². The molecule has 5 N–H and O–H groups in total. The first-order valence-corrected chi connectivity index (χ1v) is 14.9. The Morgan fingerprint density at radius 3 is 2.44 bits per heavy atom. The highest BCUT2D eigenvalue weighted by molar-refractivity contribution is 5.18. The Kier molecular flexibility index (Phi) is 8.15. The molecule has 0 aromatic rings. The van der Waals surface area contributed by atoms with E-state index in [-0.39, 0.29) is 17.6 Å². The van der Waals surface area contributed by atoms with Gasteiger partial charge in [0.15, 0.2) is 0 Å². The van der Waals surface area contributed by atoms with Crippen molar-refractivity contribution < 1.29 is 10.2 Å². The first-order valence-electron chi connectivity index (χ1n) is 14.9. The third-order valence-electron chi connectivity index (χ3n) is 11.8. The fourth-order valence-electron chi connectivity index (χ4n) is 9.95. The molecule has 0 saturated heterocycles. The third kappa shape index (κ3) is 4.52. The van der Waals surface area contributed by atoms with Crippen molar-refractivity contribution in [2.24, 2.45) is 52.1 Å². The summed E-state index contributed by atoms with van der Waals surface area (Å²) in [5, 5.41) is 26.6. The molecule has 4 aliphatic rings. The van der Waals surface area contributed by atoms with Crippen LogP contribution in [-0.4, -0.2) is 41.0 Å². The minimum absolute atomic E-state index is 0.0742.